The first-order valence-electron chi connectivity index (χ1n) is 4.03. The minimum atomic E-state index is -1.56. The second kappa shape index (κ2) is 3.12. The maximum absolute atomic E-state index is 10.5. The van der Waals surface area contributed by atoms with Crippen LogP contribution in [0.5, 0.6) is 0 Å². The molecule has 0 fully saturated rings. The minimum Gasteiger partial charge on any atom is -0.479 e. The van der Waals surface area contributed by atoms with Crippen molar-refractivity contribution in [3.05, 3.63) is 36.3 Å². The van der Waals surface area contributed by atoms with Crippen LogP contribution in [0.25, 0.3) is 5.65 Å². The molecule has 2 aromatic heterocycles. The Morgan fingerprint density at radius 1 is 1.50 bits per heavy atom. The van der Waals surface area contributed by atoms with E-state index in [1.165, 1.54) is 6.20 Å². The Morgan fingerprint density at radius 3 is 2.93 bits per heavy atom. The summed E-state index contributed by atoms with van der Waals surface area (Å²) in [5.41, 5.74) is 0.756. The van der Waals surface area contributed by atoms with E-state index in [1.807, 2.05) is 0 Å². The van der Waals surface area contributed by atoms with Crippen LogP contribution >= 0.6 is 0 Å². The lowest BCUT2D eigenvalue weighted by atomic mass is 10.3. The smallest absolute Gasteiger partial charge is 0.338 e. The summed E-state index contributed by atoms with van der Waals surface area (Å²) in [5, 5.41) is 17.8. The highest BCUT2D eigenvalue weighted by molar-refractivity contribution is 5.73. The summed E-state index contributed by atoms with van der Waals surface area (Å²) in [6, 6.07) is 5.32. The van der Waals surface area contributed by atoms with E-state index in [1.54, 1.807) is 28.8 Å². The number of hydrogen-bond donors (Lipinski definition) is 2. The predicted molar refractivity (Wildman–Crippen MR) is 47.8 cm³/mol. The van der Waals surface area contributed by atoms with Crippen LogP contribution in [0.1, 0.15) is 11.8 Å². The molecule has 2 N–H and O–H groups in total. The average molecular weight is 192 g/mol. The van der Waals surface area contributed by atoms with E-state index in [2.05, 4.69) is 4.98 Å². The Bertz CT molecular complexity index is 445. The second-order valence-corrected chi connectivity index (χ2v) is 2.87. The fraction of sp³-hybridized carbons (Fsp3) is 0.111. The molecular weight excluding hydrogens is 184 g/mol. The van der Waals surface area contributed by atoms with E-state index in [9.17, 15) is 9.90 Å². The van der Waals surface area contributed by atoms with Crippen LogP contribution in [-0.2, 0) is 4.79 Å². The zero-order chi connectivity index (χ0) is 10.1. The summed E-state index contributed by atoms with van der Waals surface area (Å²) >= 11 is 0. The number of imidazole rings is 1. The van der Waals surface area contributed by atoms with E-state index in [0.29, 0.717) is 5.65 Å². The Kier molecular flexibility index (Phi) is 1.94. The molecule has 0 aliphatic heterocycles. The van der Waals surface area contributed by atoms with E-state index < -0.39 is 12.1 Å². The van der Waals surface area contributed by atoms with Gasteiger partial charge in [-0.3, -0.25) is 0 Å². The van der Waals surface area contributed by atoms with Gasteiger partial charge < -0.3 is 14.6 Å². The van der Waals surface area contributed by atoms with Crippen molar-refractivity contribution in [2.24, 2.45) is 0 Å². The van der Waals surface area contributed by atoms with Gasteiger partial charge in [-0.1, -0.05) is 6.07 Å². The number of pyridine rings is 1. The zero-order valence-corrected chi connectivity index (χ0v) is 7.16. The number of aromatic nitrogens is 2. The summed E-state index contributed by atoms with van der Waals surface area (Å²) < 4.78 is 1.65. The fourth-order valence-corrected chi connectivity index (χ4v) is 1.21. The van der Waals surface area contributed by atoms with Crippen LogP contribution in [0.15, 0.2) is 30.6 Å². The van der Waals surface area contributed by atoms with Crippen molar-refractivity contribution in [2.45, 2.75) is 6.10 Å². The van der Waals surface area contributed by atoms with E-state index >= 15 is 0 Å². The molecule has 72 valence electrons. The van der Waals surface area contributed by atoms with Crippen LogP contribution < -0.4 is 0 Å². The Balaban J connectivity index is 2.50. The van der Waals surface area contributed by atoms with E-state index in [4.69, 9.17) is 5.11 Å². The van der Waals surface area contributed by atoms with Gasteiger partial charge in [-0.05, 0) is 12.1 Å². The van der Waals surface area contributed by atoms with Crippen LogP contribution in [0.4, 0.5) is 0 Å². The molecule has 2 heterocycles. The first-order valence-corrected chi connectivity index (χ1v) is 4.03. The second-order valence-electron chi connectivity index (χ2n) is 2.87. The van der Waals surface area contributed by atoms with Crippen LogP contribution in [0.2, 0.25) is 0 Å². The van der Waals surface area contributed by atoms with Gasteiger partial charge >= 0.3 is 5.97 Å². The molecule has 0 bridgehead atoms. The van der Waals surface area contributed by atoms with Crippen LogP contribution in [0, 0.1) is 0 Å². The molecule has 2 rings (SSSR count). The van der Waals surface area contributed by atoms with Gasteiger partial charge in [-0.15, -0.1) is 0 Å². The lowest BCUT2D eigenvalue weighted by Gasteiger charge is -1.98. The normalized spacial score (nSPS) is 12.9. The number of carbonyl (C=O) groups is 1. The summed E-state index contributed by atoms with van der Waals surface area (Å²) in [5.74, 6) is -1.30. The Labute approximate surface area is 79.2 Å². The van der Waals surface area contributed by atoms with Gasteiger partial charge in [-0.2, -0.15) is 0 Å². The third-order valence-corrected chi connectivity index (χ3v) is 1.90. The summed E-state index contributed by atoms with van der Waals surface area (Å²) in [6.45, 7) is 0. The van der Waals surface area contributed by atoms with Gasteiger partial charge in [0.1, 0.15) is 5.65 Å². The third-order valence-electron chi connectivity index (χ3n) is 1.90. The molecule has 0 spiro atoms. The van der Waals surface area contributed by atoms with Gasteiger partial charge in [0.25, 0.3) is 0 Å². The molecule has 1 unspecified atom stereocenters. The number of hydrogen-bond acceptors (Lipinski definition) is 3. The van der Waals surface area contributed by atoms with Crippen molar-refractivity contribution in [1.82, 2.24) is 9.38 Å². The monoisotopic (exact) mass is 192 g/mol. The number of aliphatic carboxylic acids is 1. The molecule has 0 aliphatic rings. The molecule has 0 aromatic carbocycles. The quantitative estimate of drug-likeness (QED) is 0.724. The maximum atomic E-state index is 10.5. The topological polar surface area (TPSA) is 74.8 Å². The number of carboxylic acid groups (broad SMARTS) is 1. The molecule has 5 heteroatoms. The first-order chi connectivity index (χ1) is 6.68. The number of rotatable bonds is 2. The SMILES string of the molecule is O=C(O)C(O)c1cn2ccccc2n1. The van der Waals surface area contributed by atoms with Crippen molar-refractivity contribution in [1.29, 1.82) is 0 Å². The molecule has 0 saturated heterocycles. The van der Waals surface area contributed by atoms with E-state index in [-0.39, 0.29) is 5.69 Å². The average Bonchev–Trinajstić information content (AvgIpc) is 2.59. The van der Waals surface area contributed by atoms with Gasteiger partial charge in [-0.25, -0.2) is 9.78 Å². The largest absolute Gasteiger partial charge is 0.479 e. The third kappa shape index (κ3) is 1.33. The number of fused-ring (bicyclic) bond motifs is 1. The molecule has 1 atom stereocenters. The number of aliphatic hydroxyl groups excluding tert-OH is 1. The summed E-state index contributed by atoms with van der Waals surface area (Å²) in [7, 11) is 0. The lowest BCUT2D eigenvalue weighted by Crippen LogP contribution is -2.10. The molecular formula is C9H8N2O3. The van der Waals surface area contributed by atoms with Crippen molar-refractivity contribution in [2.75, 3.05) is 0 Å². The molecule has 14 heavy (non-hydrogen) atoms. The highest BCUT2D eigenvalue weighted by atomic mass is 16.4. The molecule has 0 radical (unpaired) electrons. The van der Waals surface area contributed by atoms with Crippen molar-refractivity contribution < 1.29 is 15.0 Å². The maximum Gasteiger partial charge on any atom is 0.338 e. The molecule has 0 aliphatic carbocycles. The molecule has 5 nitrogen and oxygen atoms in total. The lowest BCUT2D eigenvalue weighted by molar-refractivity contribution is -0.147. The van der Waals surface area contributed by atoms with Crippen molar-refractivity contribution in [3.63, 3.8) is 0 Å². The van der Waals surface area contributed by atoms with Crippen LogP contribution in [-0.4, -0.2) is 25.6 Å². The Morgan fingerprint density at radius 2 is 2.29 bits per heavy atom. The zero-order valence-electron chi connectivity index (χ0n) is 7.16. The molecule has 0 saturated carbocycles. The highest BCUT2D eigenvalue weighted by Crippen LogP contribution is 2.12. The first kappa shape index (κ1) is 8.71. The van der Waals surface area contributed by atoms with Gasteiger partial charge in [0.2, 0.25) is 0 Å². The number of nitrogens with zero attached hydrogens (tertiary/aromatic N) is 2. The van der Waals surface area contributed by atoms with Gasteiger partial charge in [0.15, 0.2) is 6.10 Å². The number of carboxylic acids is 1. The number of aliphatic hydroxyl groups is 1. The fourth-order valence-electron chi connectivity index (χ4n) is 1.21. The highest BCUT2D eigenvalue weighted by Gasteiger charge is 2.18. The van der Waals surface area contributed by atoms with Gasteiger partial charge in [0, 0.05) is 12.4 Å². The Hall–Kier alpha value is -1.88. The van der Waals surface area contributed by atoms with Crippen molar-refractivity contribution >= 4 is 11.6 Å². The molecule has 0 amide bonds. The van der Waals surface area contributed by atoms with Crippen molar-refractivity contribution in [3.8, 4) is 0 Å². The van der Waals surface area contributed by atoms with Gasteiger partial charge in [0.05, 0.1) is 5.69 Å². The standard InChI is InChI=1S/C9H8N2O3/c12-8(9(13)14)6-5-11-4-2-1-3-7(11)10-6/h1-5,8,12H,(H,13,14). The van der Waals surface area contributed by atoms with E-state index in [0.717, 1.165) is 0 Å². The summed E-state index contributed by atoms with van der Waals surface area (Å²) in [6.07, 6.45) is 1.67. The van der Waals surface area contributed by atoms with Crippen LogP contribution in [0.3, 0.4) is 0 Å². The molecule has 2 aromatic rings. The summed E-state index contributed by atoms with van der Waals surface area (Å²) in [4.78, 5) is 14.4. The minimum absolute atomic E-state index is 0.142. The predicted octanol–water partition coefficient (Wildman–Crippen LogP) is 0.452.